The Balaban J connectivity index is 1.45. The smallest absolute Gasteiger partial charge is 0.265 e. The Morgan fingerprint density at radius 3 is 2.67 bits per heavy atom. The molecular weight excluding hydrogens is 638 g/mol. The average Bonchev–Trinajstić information content (AvgIpc) is 3.09. The number of hydrogen-bond donors (Lipinski definition) is 2. The van der Waals surface area contributed by atoms with Crippen LogP contribution in [0.4, 0.5) is 5.69 Å². The van der Waals surface area contributed by atoms with Crippen LogP contribution in [0.5, 0.6) is 5.75 Å². The minimum absolute atomic E-state index is 0.00590. The van der Waals surface area contributed by atoms with Gasteiger partial charge in [0.15, 0.2) is 0 Å². The Morgan fingerprint density at radius 1 is 1.13 bits per heavy atom. The Morgan fingerprint density at radius 2 is 1.93 bits per heavy atom. The number of aryl methyl sites for hydroxylation is 1. The van der Waals surface area contributed by atoms with Crippen molar-refractivity contribution in [3.05, 3.63) is 64.7 Å². The molecule has 4 atom stereocenters. The Labute approximate surface area is 270 Å². The largest absolute Gasteiger partial charge is 0.490 e. The molecule has 244 valence electrons. The molecule has 4 aliphatic rings. The third-order valence-electron chi connectivity index (χ3n) is 9.72. The highest BCUT2D eigenvalue weighted by atomic mass is 35.5. The van der Waals surface area contributed by atoms with Gasteiger partial charge in [-0.15, -0.1) is 0 Å². The maximum Gasteiger partial charge on any atom is 0.265 e. The Bertz CT molecular complexity index is 1740. The summed E-state index contributed by atoms with van der Waals surface area (Å²) in [6, 6.07) is 10.3. The molecule has 10 nitrogen and oxygen atoms in total. The highest BCUT2D eigenvalue weighted by molar-refractivity contribution is 7.90. The van der Waals surface area contributed by atoms with Gasteiger partial charge in [0.25, 0.3) is 15.9 Å². The van der Waals surface area contributed by atoms with Gasteiger partial charge in [0.1, 0.15) is 11.4 Å². The number of carbonyl (C=O) groups excluding carboxylic acids is 1. The molecule has 0 saturated heterocycles. The first-order valence-corrected chi connectivity index (χ1v) is 19.1. The summed E-state index contributed by atoms with van der Waals surface area (Å²) in [5, 5.41) is 0.689. The fourth-order valence-electron chi connectivity index (χ4n) is 7.18. The number of nitrogens with one attached hydrogen (secondary N) is 2. The highest BCUT2D eigenvalue weighted by Gasteiger charge is 2.45. The topological polar surface area (TPSA) is 131 Å². The van der Waals surface area contributed by atoms with E-state index in [0.29, 0.717) is 36.2 Å². The van der Waals surface area contributed by atoms with E-state index >= 15 is 0 Å². The second kappa shape index (κ2) is 11.9. The SMILES string of the molecule is CC1(C)OCC=C[C@H](NS(C)(=O)=O)[C@@H]2CC[C@H]2CN2C[C@@]3(CCCc4cc(Cl)ccc43)COc3ccc(cc32)S(=O)(=O)NC1=O. The van der Waals surface area contributed by atoms with Gasteiger partial charge in [-0.2, -0.15) is 0 Å². The van der Waals surface area contributed by atoms with Gasteiger partial charge < -0.3 is 14.4 Å². The van der Waals surface area contributed by atoms with E-state index in [1.807, 2.05) is 12.1 Å². The van der Waals surface area contributed by atoms with Crippen LogP contribution >= 0.6 is 11.6 Å². The van der Waals surface area contributed by atoms with E-state index in [9.17, 15) is 21.6 Å². The Hall–Kier alpha value is -2.64. The van der Waals surface area contributed by atoms with Crippen LogP contribution in [0.1, 0.15) is 50.7 Å². The second-order valence-corrected chi connectivity index (χ2v) is 17.2. The van der Waals surface area contributed by atoms with E-state index in [1.165, 1.54) is 31.0 Å². The summed E-state index contributed by atoms with van der Waals surface area (Å²) >= 11 is 6.39. The lowest BCUT2D eigenvalue weighted by Crippen LogP contribution is -2.52. The predicted octanol–water partition coefficient (Wildman–Crippen LogP) is 3.93. The van der Waals surface area contributed by atoms with Gasteiger partial charge >= 0.3 is 0 Å². The molecule has 1 saturated carbocycles. The van der Waals surface area contributed by atoms with E-state index in [0.717, 1.165) is 38.4 Å². The fraction of sp³-hybridized carbons (Fsp3) is 0.531. The summed E-state index contributed by atoms with van der Waals surface area (Å²) in [4.78, 5) is 15.3. The molecule has 2 aromatic rings. The van der Waals surface area contributed by atoms with Gasteiger partial charge in [0.2, 0.25) is 10.0 Å². The van der Waals surface area contributed by atoms with Crippen molar-refractivity contribution in [1.82, 2.24) is 9.44 Å². The predicted molar refractivity (Wildman–Crippen MR) is 173 cm³/mol. The molecule has 6 rings (SSSR count). The van der Waals surface area contributed by atoms with Crippen molar-refractivity contribution >= 4 is 43.2 Å². The minimum atomic E-state index is -4.24. The van der Waals surface area contributed by atoms with Crippen molar-refractivity contribution in [2.24, 2.45) is 11.8 Å². The average molecular weight is 678 g/mol. The van der Waals surface area contributed by atoms with Crippen LogP contribution < -0.4 is 19.1 Å². The quantitative estimate of drug-likeness (QED) is 0.458. The molecule has 2 aliphatic carbocycles. The molecule has 2 bridgehead atoms. The number of halogens is 1. The number of anilines is 1. The van der Waals surface area contributed by atoms with Crippen LogP contribution in [0.3, 0.4) is 0 Å². The highest BCUT2D eigenvalue weighted by Crippen LogP contribution is 2.47. The van der Waals surface area contributed by atoms with Crippen LogP contribution in [-0.2, 0) is 41.4 Å². The normalized spacial score (nSPS) is 29.4. The maximum atomic E-state index is 13.5. The summed E-state index contributed by atoms with van der Waals surface area (Å²) in [7, 11) is -7.76. The van der Waals surface area contributed by atoms with Crippen molar-refractivity contribution in [3.8, 4) is 5.75 Å². The summed E-state index contributed by atoms with van der Waals surface area (Å²) in [6.07, 6.45) is 9.11. The summed E-state index contributed by atoms with van der Waals surface area (Å²) < 4.78 is 69.1. The maximum absolute atomic E-state index is 13.5. The number of ether oxygens (including phenoxy) is 2. The van der Waals surface area contributed by atoms with Crippen molar-refractivity contribution in [1.29, 1.82) is 0 Å². The number of nitrogens with zero attached hydrogens (tertiary/aromatic N) is 1. The lowest BCUT2D eigenvalue weighted by atomic mass is 9.68. The van der Waals surface area contributed by atoms with Gasteiger partial charge in [0.05, 0.1) is 30.1 Å². The number of hydrogen-bond acceptors (Lipinski definition) is 8. The molecule has 0 aromatic heterocycles. The van der Waals surface area contributed by atoms with E-state index in [-0.39, 0.29) is 28.8 Å². The van der Waals surface area contributed by atoms with Gasteiger partial charge in [-0.25, -0.2) is 26.3 Å². The van der Waals surface area contributed by atoms with Crippen molar-refractivity contribution in [3.63, 3.8) is 0 Å². The summed E-state index contributed by atoms with van der Waals surface area (Å²) in [5.41, 5.74) is 1.16. The zero-order valence-corrected chi connectivity index (χ0v) is 28.1. The summed E-state index contributed by atoms with van der Waals surface area (Å²) in [5.74, 6) is -0.125. The number of benzene rings is 2. The van der Waals surface area contributed by atoms with Crippen LogP contribution in [0.2, 0.25) is 5.02 Å². The van der Waals surface area contributed by atoms with E-state index in [4.69, 9.17) is 21.1 Å². The lowest BCUT2D eigenvalue weighted by molar-refractivity contribution is -0.139. The van der Waals surface area contributed by atoms with Crippen LogP contribution in [0.15, 0.2) is 53.4 Å². The monoisotopic (exact) mass is 677 g/mol. The third kappa shape index (κ3) is 6.62. The van der Waals surface area contributed by atoms with Gasteiger partial charge in [-0.05, 0) is 99.2 Å². The van der Waals surface area contributed by atoms with Crippen LogP contribution in [0, 0.1) is 11.8 Å². The van der Waals surface area contributed by atoms with Crippen molar-refractivity contribution < 1.29 is 31.1 Å². The van der Waals surface area contributed by atoms with E-state index in [2.05, 4.69) is 20.4 Å². The van der Waals surface area contributed by atoms with E-state index in [1.54, 1.807) is 24.3 Å². The molecule has 2 heterocycles. The number of fused-ring (bicyclic) bond motifs is 4. The lowest BCUT2D eigenvalue weighted by Gasteiger charge is -2.46. The number of sulfonamides is 2. The first-order chi connectivity index (χ1) is 21.2. The molecule has 1 fully saturated rings. The van der Waals surface area contributed by atoms with Gasteiger partial charge in [0, 0.05) is 29.6 Å². The number of amides is 1. The van der Waals surface area contributed by atoms with Gasteiger partial charge in [-0.3, -0.25) is 4.79 Å². The number of carbonyl (C=O) groups is 1. The Kier molecular flexibility index (Phi) is 8.52. The van der Waals surface area contributed by atoms with Crippen LogP contribution in [0.25, 0.3) is 0 Å². The second-order valence-electron chi connectivity index (χ2n) is 13.3. The fourth-order valence-corrected chi connectivity index (χ4v) is 9.25. The number of rotatable bonds is 2. The minimum Gasteiger partial charge on any atom is -0.490 e. The van der Waals surface area contributed by atoms with Crippen molar-refractivity contribution in [2.75, 3.05) is 37.5 Å². The molecule has 13 heteroatoms. The molecule has 2 N–H and O–H groups in total. The first kappa shape index (κ1) is 32.3. The molecule has 1 amide bonds. The molecule has 1 spiro atoms. The molecule has 0 unspecified atom stereocenters. The zero-order chi connectivity index (χ0) is 32.2. The molecular formula is C32H40ClN3O7S2. The van der Waals surface area contributed by atoms with Gasteiger partial charge in [-0.1, -0.05) is 29.8 Å². The standard InChI is InChI=1S/C32H40ClN3O7S2/c1-31(2)30(37)35-45(40,41)24-10-13-29-28(17-24)36(18-22-8-11-25(22)27(7-5-15-43-31)34-44(3,38)39)19-32(20-42-29)14-4-6-21-16-23(33)9-12-26(21)32/h5,7,9-10,12-13,16-17,22,25,27,34H,4,6,8,11,14-15,18-20H2,1-3H3,(H,35,37)/t22-,25+,27-,32-/m0/s1. The third-order valence-corrected chi connectivity index (χ3v) is 12.0. The molecule has 2 aromatic carbocycles. The molecule has 2 aliphatic heterocycles. The van der Waals surface area contributed by atoms with E-state index < -0.39 is 37.6 Å². The van der Waals surface area contributed by atoms with Crippen LogP contribution in [-0.4, -0.2) is 66.9 Å². The molecule has 0 radical (unpaired) electrons. The van der Waals surface area contributed by atoms with Crippen molar-refractivity contribution in [2.45, 2.75) is 67.9 Å². The molecule has 45 heavy (non-hydrogen) atoms. The zero-order valence-electron chi connectivity index (χ0n) is 25.7. The first-order valence-electron chi connectivity index (χ1n) is 15.3. The summed E-state index contributed by atoms with van der Waals surface area (Å²) in [6.45, 7) is 4.53.